The third kappa shape index (κ3) is 10.6. The predicted octanol–water partition coefficient (Wildman–Crippen LogP) is 2.51. The molecule has 0 bridgehead atoms. The molecule has 0 saturated carbocycles. The number of aryl methyl sites for hydroxylation is 1. The average molecular weight is 350 g/mol. The van der Waals surface area contributed by atoms with Crippen molar-refractivity contribution in [3.63, 3.8) is 0 Å². The summed E-state index contributed by atoms with van der Waals surface area (Å²) in [5.74, 6) is 0. The van der Waals surface area contributed by atoms with Crippen LogP contribution in [0.2, 0.25) is 0 Å². The maximum atomic E-state index is 11.3. The molecule has 128 valence electrons. The Balaban J connectivity index is 0. The molecule has 0 aromatic heterocycles. The molecule has 5 heteroatoms. The van der Waals surface area contributed by atoms with Gasteiger partial charge in [-0.3, -0.25) is 4.55 Å². The van der Waals surface area contributed by atoms with Gasteiger partial charge in [-0.15, -0.1) is 0 Å². The van der Waals surface area contributed by atoms with Crippen LogP contribution in [-0.4, -0.2) is 13.0 Å². The summed E-state index contributed by atoms with van der Waals surface area (Å²) in [7, 11) is -4.10. The Labute approximate surface area is 165 Å². The summed E-state index contributed by atoms with van der Waals surface area (Å²) in [5.41, 5.74) is 0.726. The van der Waals surface area contributed by atoms with E-state index in [1.807, 2.05) is 6.07 Å². The number of unbranched alkanes of at least 4 members (excludes halogenated alkanes) is 9. The molecule has 0 unspecified atom stereocenters. The van der Waals surface area contributed by atoms with Crippen LogP contribution in [0, 0.1) is 0 Å². The molecule has 0 heterocycles. The SMILES string of the molecule is CCCCCCCCCCCCc1ccccc1S(=O)(=O)O.[H-].[Na+]. The van der Waals surface area contributed by atoms with Gasteiger partial charge in [0.1, 0.15) is 0 Å². The van der Waals surface area contributed by atoms with E-state index in [1.54, 1.807) is 12.1 Å². The van der Waals surface area contributed by atoms with E-state index in [-0.39, 0.29) is 35.9 Å². The van der Waals surface area contributed by atoms with Gasteiger partial charge in [0.15, 0.2) is 0 Å². The van der Waals surface area contributed by atoms with E-state index in [1.165, 1.54) is 57.4 Å². The monoisotopic (exact) mass is 350 g/mol. The van der Waals surface area contributed by atoms with Crippen molar-refractivity contribution in [1.82, 2.24) is 0 Å². The first-order valence-corrected chi connectivity index (χ1v) is 10.0. The third-order valence-corrected chi connectivity index (χ3v) is 5.00. The molecule has 1 N–H and O–H groups in total. The fourth-order valence-corrected chi connectivity index (χ4v) is 3.52. The summed E-state index contributed by atoms with van der Waals surface area (Å²) >= 11 is 0. The molecule has 23 heavy (non-hydrogen) atoms. The minimum Gasteiger partial charge on any atom is -1.00 e. The second kappa shape index (κ2) is 13.4. The second-order valence-corrected chi connectivity index (χ2v) is 7.40. The first-order chi connectivity index (χ1) is 10.6. The first-order valence-electron chi connectivity index (χ1n) is 8.61. The Morgan fingerprint density at radius 2 is 1.35 bits per heavy atom. The smallest absolute Gasteiger partial charge is 1.00 e. The molecular weight excluding hydrogens is 319 g/mol. The van der Waals surface area contributed by atoms with Crippen LogP contribution < -0.4 is 29.6 Å². The largest absolute Gasteiger partial charge is 1.00 e. The molecule has 1 rings (SSSR count). The van der Waals surface area contributed by atoms with E-state index >= 15 is 0 Å². The van der Waals surface area contributed by atoms with Crippen LogP contribution in [0.3, 0.4) is 0 Å². The van der Waals surface area contributed by atoms with Crippen molar-refractivity contribution in [2.45, 2.75) is 82.4 Å². The van der Waals surface area contributed by atoms with Gasteiger partial charge in [0.25, 0.3) is 10.1 Å². The van der Waals surface area contributed by atoms with Gasteiger partial charge < -0.3 is 1.43 Å². The summed E-state index contributed by atoms with van der Waals surface area (Å²) in [4.78, 5) is 0.0610. The molecule has 0 amide bonds. The molecule has 1 aromatic rings. The van der Waals surface area contributed by atoms with Gasteiger partial charge in [0.05, 0.1) is 4.90 Å². The molecule has 0 saturated heterocycles. The maximum absolute atomic E-state index is 11.3. The van der Waals surface area contributed by atoms with E-state index < -0.39 is 10.1 Å². The van der Waals surface area contributed by atoms with Crippen LogP contribution in [0.5, 0.6) is 0 Å². The average Bonchev–Trinajstić information content (AvgIpc) is 2.48. The minimum absolute atomic E-state index is 0. The Morgan fingerprint density at radius 3 is 1.87 bits per heavy atom. The van der Waals surface area contributed by atoms with Crippen LogP contribution in [0.25, 0.3) is 0 Å². The minimum atomic E-state index is -4.10. The van der Waals surface area contributed by atoms with Crippen LogP contribution in [0.1, 0.15) is 78.1 Å². The van der Waals surface area contributed by atoms with E-state index in [4.69, 9.17) is 0 Å². The van der Waals surface area contributed by atoms with Crippen LogP contribution in [-0.2, 0) is 16.5 Å². The van der Waals surface area contributed by atoms with E-state index in [0.717, 1.165) is 18.4 Å². The molecule has 0 radical (unpaired) electrons. The zero-order valence-corrected chi connectivity index (χ0v) is 17.6. The van der Waals surface area contributed by atoms with Crippen molar-refractivity contribution in [2.75, 3.05) is 0 Å². The molecule has 0 aliphatic carbocycles. The molecular formula is C18H31NaO3S. The van der Waals surface area contributed by atoms with Crippen LogP contribution >= 0.6 is 0 Å². The third-order valence-electron chi connectivity index (χ3n) is 4.05. The zero-order chi connectivity index (χ0) is 16.3. The van der Waals surface area contributed by atoms with Gasteiger partial charge in [0.2, 0.25) is 0 Å². The van der Waals surface area contributed by atoms with Gasteiger partial charge >= 0.3 is 29.6 Å². The summed E-state index contributed by atoms with van der Waals surface area (Å²) in [6, 6.07) is 6.73. The van der Waals surface area contributed by atoms with Crippen LogP contribution in [0.4, 0.5) is 0 Å². The van der Waals surface area contributed by atoms with E-state index in [9.17, 15) is 13.0 Å². The molecule has 0 fully saturated rings. The second-order valence-electron chi connectivity index (χ2n) is 6.01. The fourth-order valence-electron chi connectivity index (χ4n) is 2.76. The van der Waals surface area contributed by atoms with E-state index in [0.29, 0.717) is 6.42 Å². The summed E-state index contributed by atoms with van der Waals surface area (Å²) < 4.78 is 31.8. The quantitative estimate of drug-likeness (QED) is 0.358. The number of hydrogen-bond acceptors (Lipinski definition) is 2. The van der Waals surface area contributed by atoms with Crippen molar-refractivity contribution in [3.8, 4) is 0 Å². The summed E-state index contributed by atoms with van der Waals surface area (Å²) in [6.45, 7) is 2.24. The topological polar surface area (TPSA) is 54.4 Å². The van der Waals surface area contributed by atoms with Crippen molar-refractivity contribution in [3.05, 3.63) is 29.8 Å². The standard InChI is InChI=1S/C18H30O3S.Na.H/c1-2-3-4-5-6-7-8-9-10-11-14-17-15-12-13-16-18(17)22(19,20)21;;/h12-13,15-16H,2-11,14H2,1H3,(H,19,20,21);;/q;+1;-1. The van der Waals surface area contributed by atoms with Gasteiger partial charge in [-0.25, -0.2) is 0 Å². The maximum Gasteiger partial charge on any atom is 1.00 e. The number of hydrogen-bond donors (Lipinski definition) is 1. The predicted molar refractivity (Wildman–Crippen MR) is 92.9 cm³/mol. The van der Waals surface area contributed by atoms with Crippen molar-refractivity contribution in [2.24, 2.45) is 0 Å². The van der Waals surface area contributed by atoms with Gasteiger partial charge in [-0.05, 0) is 24.5 Å². The summed E-state index contributed by atoms with van der Waals surface area (Å²) in [5, 5.41) is 0. The Kier molecular flexibility index (Phi) is 13.5. The molecule has 0 aliphatic rings. The van der Waals surface area contributed by atoms with Crippen LogP contribution in [0.15, 0.2) is 29.2 Å². The Bertz CT molecular complexity index is 521. The van der Waals surface area contributed by atoms with Crippen molar-refractivity contribution in [1.29, 1.82) is 0 Å². The molecule has 0 atom stereocenters. The number of rotatable bonds is 12. The fraction of sp³-hybridized carbons (Fsp3) is 0.667. The Morgan fingerprint density at radius 1 is 0.870 bits per heavy atom. The van der Waals surface area contributed by atoms with Gasteiger partial charge in [-0.2, -0.15) is 8.42 Å². The normalized spacial score (nSPS) is 11.2. The molecule has 0 aliphatic heterocycles. The van der Waals surface area contributed by atoms with Crippen molar-refractivity contribution >= 4 is 10.1 Å². The molecule has 3 nitrogen and oxygen atoms in total. The first kappa shape index (κ1) is 23.1. The van der Waals surface area contributed by atoms with Crippen molar-refractivity contribution < 1.29 is 44.0 Å². The van der Waals surface area contributed by atoms with E-state index in [2.05, 4.69) is 6.92 Å². The van der Waals surface area contributed by atoms with Gasteiger partial charge in [0, 0.05) is 0 Å². The summed E-state index contributed by atoms with van der Waals surface area (Å²) in [6.07, 6.45) is 13.3. The number of benzene rings is 1. The molecule has 1 aromatic carbocycles. The van der Waals surface area contributed by atoms with Gasteiger partial charge in [-0.1, -0.05) is 82.9 Å². The Hall–Kier alpha value is 0.130. The molecule has 0 spiro atoms. The zero-order valence-electron chi connectivity index (χ0n) is 15.8.